The highest BCUT2D eigenvalue weighted by Crippen LogP contribution is 2.42. The van der Waals surface area contributed by atoms with Crippen LogP contribution in [0.25, 0.3) is 93.7 Å². The smallest absolute Gasteiger partial charge is 0.138 e. The second-order valence-corrected chi connectivity index (χ2v) is 12.4. The van der Waals surface area contributed by atoms with Crippen molar-refractivity contribution in [1.29, 1.82) is 0 Å². The molecule has 0 saturated carbocycles. The third kappa shape index (κ3) is 3.28. The quantitative estimate of drug-likeness (QED) is 0.199. The number of hydrogen-bond donors (Lipinski definition) is 0. The second kappa shape index (κ2) is 9.09. The molecule has 0 amide bonds. The lowest BCUT2D eigenvalue weighted by Crippen LogP contribution is -1.95. The summed E-state index contributed by atoms with van der Waals surface area (Å²) >= 11 is 0. The standard InChI is InChI=1S/C43H26N4/c1-3-12-27(13-4-1)42-43-35-24-29(22-23-32(35)38-20-11-21-41(44-42)47(38)43)46-37-19-10-8-17-31(37)34-25-33-30-16-7-9-18-36(30)45(39(33)26-40(34)46)28-14-5-2-6-15-28/h1-26H. The van der Waals surface area contributed by atoms with Crippen molar-refractivity contribution >= 4 is 71.1 Å². The van der Waals surface area contributed by atoms with Crippen molar-refractivity contribution in [1.82, 2.24) is 18.5 Å². The van der Waals surface area contributed by atoms with E-state index in [9.17, 15) is 0 Å². The minimum absolute atomic E-state index is 0.974. The van der Waals surface area contributed by atoms with Gasteiger partial charge in [0.1, 0.15) is 5.65 Å². The molecule has 0 spiro atoms. The first-order valence-electron chi connectivity index (χ1n) is 16.1. The van der Waals surface area contributed by atoms with Crippen molar-refractivity contribution in [2.24, 2.45) is 0 Å². The predicted molar refractivity (Wildman–Crippen MR) is 196 cm³/mol. The van der Waals surface area contributed by atoms with Gasteiger partial charge in [-0.1, -0.05) is 97.1 Å². The molecule has 11 rings (SSSR count). The van der Waals surface area contributed by atoms with E-state index in [0.29, 0.717) is 0 Å². The second-order valence-electron chi connectivity index (χ2n) is 12.4. The maximum atomic E-state index is 5.13. The van der Waals surface area contributed by atoms with E-state index in [2.05, 4.69) is 171 Å². The SMILES string of the molecule is c1ccc(-c2nc3cccc4c5ccc(-n6c7ccccc7c7cc8c9ccccc9n(-c9ccccc9)c8cc76)cc5c2n34)cc1. The van der Waals surface area contributed by atoms with E-state index < -0.39 is 0 Å². The largest absolute Gasteiger partial charge is 0.309 e. The van der Waals surface area contributed by atoms with Crippen LogP contribution in [0.4, 0.5) is 0 Å². The highest BCUT2D eigenvalue weighted by atomic mass is 15.0. The van der Waals surface area contributed by atoms with E-state index in [1.54, 1.807) is 0 Å². The average Bonchev–Trinajstić information content (AvgIpc) is 3.87. The van der Waals surface area contributed by atoms with E-state index in [4.69, 9.17) is 4.98 Å². The van der Waals surface area contributed by atoms with Gasteiger partial charge in [-0.3, -0.25) is 4.40 Å². The number of aromatic nitrogens is 4. The van der Waals surface area contributed by atoms with Gasteiger partial charge in [0.05, 0.1) is 38.8 Å². The molecule has 6 aromatic carbocycles. The first-order chi connectivity index (χ1) is 23.3. The molecular weight excluding hydrogens is 573 g/mol. The molecule has 0 radical (unpaired) electrons. The Morgan fingerprint density at radius 1 is 0.362 bits per heavy atom. The lowest BCUT2D eigenvalue weighted by Gasteiger charge is -2.10. The zero-order valence-corrected chi connectivity index (χ0v) is 25.3. The Bertz CT molecular complexity index is 3000. The number of para-hydroxylation sites is 3. The summed E-state index contributed by atoms with van der Waals surface area (Å²) in [5, 5.41) is 7.48. The van der Waals surface area contributed by atoms with E-state index >= 15 is 0 Å². The van der Waals surface area contributed by atoms with Gasteiger partial charge in [0.2, 0.25) is 0 Å². The van der Waals surface area contributed by atoms with Crippen LogP contribution in [0.5, 0.6) is 0 Å². The maximum absolute atomic E-state index is 5.13. The van der Waals surface area contributed by atoms with Gasteiger partial charge in [-0.05, 0) is 60.7 Å². The minimum atomic E-state index is 0.974. The first kappa shape index (κ1) is 24.9. The summed E-state index contributed by atoms with van der Waals surface area (Å²) in [5.74, 6) is 0. The van der Waals surface area contributed by atoms with Gasteiger partial charge >= 0.3 is 0 Å². The molecule has 0 fully saturated rings. The lowest BCUT2D eigenvalue weighted by atomic mass is 10.1. The predicted octanol–water partition coefficient (Wildman–Crippen LogP) is 10.9. The fourth-order valence-corrected chi connectivity index (χ4v) is 8.00. The van der Waals surface area contributed by atoms with Gasteiger partial charge in [0, 0.05) is 49.3 Å². The highest BCUT2D eigenvalue weighted by molar-refractivity contribution is 6.20. The summed E-state index contributed by atoms with van der Waals surface area (Å²) in [6.45, 7) is 0. The van der Waals surface area contributed by atoms with Gasteiger partial charge in [-0.15, -0.1) is 0 Å². The number of benzene rings is 6. The van der Waals surface area contributed by atoms with Crippen LogP contribution < -0.4 is 0 Å². The number of fused-ring (bicyclic) bond motifs is 9. The molecule has 0 aliphatic carbocycles. The average molecular weight is 599 g/mol. The Morgan fingerprint density at radius 2 is 0.957 bits per heavy atom. The number of imidazole rings is 1. The monoisotopic (exact) mass is 598 g/mol. The van der Waals surface area contributed by atoms with Crippen LogP contribution in [0.2, 0.25) is 0 Å². The fraction of sp³-hybridized carbons (Fsp3) is 0. The molecule has 5 aromatic heterocycles. The Morgan fingerprint density at radius 3 is 1.68 bits per heavy atom. The summed E-state index contributed by atoms with van der Waals surface area (Å²) in [6, 6.07) is 57.0. The van der Waals surface area contributed by atoms with Crippen LogP contribution in [0.1, 0.15) is 0 Å². The first-order valence-corrected chi connectivity index (χ1v) is 16.1. The third-order valence-electron chi connectivity index (χ3n) is 9.96. The number of nitrogens with zero attached hydrogens (tertiary/aromatic N) is 4. The molecule has 4 heteroatoms. The molecule has 4 nitrogen and oxygen atoms in total. The van der Waals surface area contributed by atoms with Gasteiger partial charge < -0.3 is 9.13 Å². The Hall–Kier alpha value is -6.39. The molecule has 0 bridgehead atoms. The highest BCUT2D eigenvalue weighted by Gasteiger charge is 2.21. The normalized spacial score (nSPS) is 12.3. The van der Waals surface area contributed by atoms with Crippen LogP contribution in [0, 0.1) is 0 Å². The molecule has 218 valence electrons. The van der Waals surface area contributed by atoms with Gasteiger partial charge in [-0.25, -0.2) is 4.98 Å². The number of hydrogen-bond acceptors (Lipinski definition) is 1. The zero-order valence-electron chi connectivity index (χ0n) is 25.3. The van der Waals surface area contributed by atoms with Crippen LogP contribution in [-0.2, 0) is 0 Å². The molecular formula is C43H26N4. The third-order valence-corrected chi connectivity index (χ3v) is 9.96. The van der Waals surface area contributed by atoms with Crippen molar-refractivity contribution in [2.75, 3.05) is 0 Å². The van der Waals surface area contributed by atoms with Crippen molar-refractivity contribution in [3.05, 3.63) is 158 Å². The molecule has 0 aliphatic rings. The van der Waals surface area contributed by atoms with Gasteiger partial charge in [0.15, 0.2) is 0 Å². The molecule has 0 saturated heterocycles. The van der Waals surface area contributed by atoms with E-state index in [-0.39, 0.29) is 0 Å². The molecule has 0 atom stereocenters. The summed E-state index contributed by atoms with van der Waals surface area (Å²) in [5.41, 5.74) is 12.6. The van der Waals surface area contributed by atoms with Crippen LogP contribution in [0.3, 0.4) is 0 Å². The van der Waals surface area contributed by atoms with Gasteiger partial charge in [0.25, 0.3) is 0 Å². The number of rotatable bonds is 3. The molecule has 5 heterocycles. The molecule has 0 aliphatic heterocycles. The summed E-state index contributed by atoms with van der Waals surface area (Å²) in [6.07, 6.45) is 0. The fourth-order valence-electron chi connectivity index (χ4n) is 8.00. The molecule has 0 unspecified atom stereocenters. The summed E-state index contributed by atoms with van der Waals surface area (Å²) < 4.78 is 7.17. The van der Waals surface area contributed by atoms with Crippen molar-refractivity contribution in [2.45, 2.75) is 0 Å². The van der Waals surface area contributed by atoms with E-state index in [0.717, 1.165) is 33.8 Å². The maximum Gasteiger partial charge on any atom is 0.138 e. The van der Waals surface area contributed by atoms with Crippen molar-refractivity contribution in [3.8, 4) is 22.6 Å². The van der Waals surface area contributed by atoms with E-state index in [1.807, 2.05) is 0 Å². The zero-order chi connectivity index (χ0) is 30.6. The van der Waals surface area contributed by atoms with Crippen LogP contribution in [-0.4, -0.2) is 18.5 Å². The number of pyridine rings is 1. The van der Waals surface area contributed by atoms with Crippen LogP contribution >= 0.6 is 0 Å². The summed E-state index contributed by atoms with van der Waals surface area (Å²) in [4.78, 5) is 5.13. The minimum Gasteiger partial charge on any atom is -0.309 e. The van der Waals surface area contributed by atoms with Crippen molar-refractivity contribution in [3.63, 3.8) is 0 Å². The lowest BCUT2D eigenvalue weighted by molar-refractivity contribution is 1.17. The Kier molecular flexibility index (Phi) is 4.81. The summed E-state index contributed by atoms with van der Waals surface area (Å²) in [7, 11) is 0. The molecule has 11 aromatic rings. The molecule has 47 heavy (non-hydrogen) atoms. The topological polar surface area (TPSA) is 27.2 Å². The molecule has 0 N–H and O–H groups in total. The van der Waals surface area contributed by atoms with Crippen molar-refractivity contribution < 1.29 is 0 Å². The Labute approximate surface area is 269 Å². The van der Waals surface area contributed by atoms with Gasteiger partial charge in [-0.2, -0.15) is 0 Å². The van der Waals surface area contributed by atoms with E-state index in [1.165, 1.54) is 59.9 Å². The van der Waals surface area contributed by atoms with Crippen LogP contribution in [0.15, 0.2) is 158 Å². The Balaban J connectivity index is 1.27.